The number of ether oxygens (including phenoxy) is 2. The molecule has 2 aromatic rings. The van der Waals surface area contributed by atoms with E-state index >= 15 is 0 Å². The van der Waals surface area contributed by atoms with Crippen molar-refractivity contribution >= 4 is 5.97 Å². The van der Waals surface area contributed by atoms with Crippen LogP contribution in [0.15, 0.2) is 48.5 Å². The highest BCUT2D eigenvalue weighted by Crippen LogP contribution is 2.15. The fraction of sp³-hybridized carbons (Fsp3) is 0.235. The molecule has 0 aliphatic rings. The van der Waals surface area contributed by atoms with Crippen LogP contribution in [0, 0.1) is 5.82 Å². The number of hydrogen-bond acceptors (Lipinski definition) is 3. The highest BCUT2D eigenvalue weighted by Gasteiger charge is 2.08. The normalized spacial score (nSPS) is 10.5. The second-order valence-corrected chi connectivity index (χ2v) is 4.90. The van der Waals surface area contributed by atoms with Crippen LogP contribution in [0.3, 0.4) is 0 Å². The van der Waals surface area contributed by atoms with Crippen molar-refractivity contribution in [3.8, 4) is 5.75 Å². The van der Waals surface area contributed by atoms with E-state index in [4.69, 9.17) is 9.47 Å². The number of halogens is 1. The highest BCUT2D eigenvalue weighted by atomic mass is 19.1. The maximum Gasteiger partial charge on any atom is 0.338 e. The second-order valence-electron chi connectivity index (χ2n) is 4.90. The molecule has 0 N–H and O–H groups in total. The van der Waals surface area contributed by atoms with Crippen molar-refractivity contribution in [3.63, 3.8) is 0 Å². The molecule has 2 rings (SSSR count). The zero-order valence-electron chi connectivity index (χ0n) is 12.0. The Labute approximate surface area is 123 Å². The summed E-state index contributed by atoms with van der Waals surface area (Å²) in [5, 5.41) is 0. The summed E-state index contributed by atoms with van der Waals surface area (Å²) in [6.07, 6.45) is -0.151. The van der Waals surface area contributed by atoms with Crippen LogP contribution in [0.5, 0.6) is 5.75 Å². The van der Waals surface area contributed by atoms with Gasteiger partial charge in [0.05, 0.1) is 11.7 Å². The number of rotatable bonds is 5. The van der Waals surface area contributed by atoms with Gasteiger partial charge in [-0.3, -0.25) is 0 Å². The smallest absolute Gasteiger partial charge is 0.338 e. The van der Waals surface area contributed by atoms with E-state index < -0.39 is 0 Å². The standard InChI is InChI=1S/C17H17FO3/c1-12(2)21-17(19)14-6-8-16(9-7-14)20-11-13-4-3-5-15(18)10-13/h3-10,12H,11H2,1-2H3. The fourth-order valence-corrected chi connectivity index (χ4v) is 1.76. The molecule has 0 unspecified atom stereocenters. The number of benzene rings is 2. The lowest BCUT2D eigenvalue weighted by Crippen LogP contribution is -2.11. The summed E-state index contributed by atoms with van der Waals surface area (Å²) in [6.45, 7) is 3.87. The molecule has 0 fully saturated rings. The molecular weight excluding hydrogens is 271 g/mol. The summed E-state index contributed by atoms with van der Waals surface area (Å²) in [5.74, 6) is -0.0371. The van der Waals surface area contributed by atoms with Crippen molar-refractivity contribution in [2.45, 2.75) is 26.6 Å². The number of carbonyl (C=O) groups excluding carboxylic acids is 1. The lowest BCUT2D eigenvalue weighted by molar-refractivity contribution is 0.0378. The number of esters is 1. The van der Waals surface area contributed by atoms with E-state index in [0.29, 0.717) is 11.3 Å². The van der Waals surface area contributed by atoms with Crippen molar-refractivity contribution in [2.24, 2.45) is 0 Å². The highest BCUT2D eigenvalue weighted by molar-refractivity contribution is 5.89. The average Bonchev–Trinajstić information content (AvgIpc) is 2.45. The summed E-state index contributed by atoms with van der Waals surface area (Å²) in [5.41, 5.74) is 1.22. The van der Waals surface area contributed by atoms with Crippen LogP contribution in [-0.4, -0.2) is 12.1 Å². The number of carbonyl (C=O) groups is 1. The van der Waals surface area contributed by atoms with Crippen molar-refractivity contribution in [2.75, 3.05) is 0 Å². The van der Waals surface area contributed by atoms with Gasteiger partial charge in [0.2, 0.25) is 0 Å². The zero-order valence-corrected chi connectivity index (χ0v) is 12.0. The summed E-state index contributed by atoms with van der Waals surface area (Å²) in [4.78, 5) is 11.7. The second kappa shape index (κ2) is 6.88. The van der Waals surface area contributed by atoms with Crippen LogP contribution in [0.4, 0.5) is 4.39 Å². The largest absolute Gasteiger partial charge is 0.489 e. The van der Waals surface area contributed by atoms with Gasteiger partial charge in [-0.15, -0.1) is 0 Å². The minimum absolute atomic E-state index is 0.151. The Morgan fingerprint density at radius 1 is 1.14 bits per heavy atom. The molecule has 0 saturated heterocycles. The first-order valence-electron chi connectivity index (χ1n) is 6.73. The monoisotopic (exact) mass is 288 g/mol. The van der Waals surface area contributed by atoms with Crippen LogP contribution in [0.1, 0.15) is 29.8 Å². The quantitative estimate of drug-likeness (QED) is 0.781. The van der Waals surface area contributed by atoms with Crippen LogP contribution in [0.2, 0.25) is 0 Å². The molecule has 0 heterocycles. The van der Waals surface area contributed by atoms with Crippen LogP contribution >= 0.6 is 0 Å². The van der Waals surface area contributed by atoms with E-state index in [1.807, 2.05) is 0 Å². The first-order chi connectivity index (χ1) is 10.0. The third-order valence-electron chi connectivity index (χ3n) is 2.73. The SMILES string of the molecule is CC(C)OC(=O)c1ccc(OCc2cccc(F)c2)cc1. The Morgan fingerprint density at radius 2 is 1.86 bits per heavy atom. The van der Waals surface area contributed by atoms with Crippen molar-refractivity contribution < 1.29 is 18.7 Å². The van der Waals surface area contributed by atoms with Crippen molar-refractivity contribution in [1.82, 2.24) is 0 Å². The molecule has 2 aromatic carbocycles. The van der Waals surface area contributed by atoms with Crippen molar-refractivity contribution in [1.29, 1.82) is 0 Å². The molecular formula is C17H17FO3. The van der Waals surface area contributed by atoms with E-state index in [0.717, 1.165) is 5.56 Å². The van der Waals surface area contributed by atoms with Gasteiger partial charge < -0.3 is 9.47 Å². The van der Waals surface area contributed by atoms with Crippen LogP contribution in [0.25, 0.3) is 0 Å². The molecule has 0 atom stereocenters. The molecule has 4 heteroatoms. The minimum Gasteiger partial charge on any atom is -0.489 e. The molecule has 0 radical (unpaired) electrons. The van der Waals surface area contributed by atoms with Gasteiger partial charge in [0.15, 0.2) is 0 Å². The third kappa shape index (κ3) is 4.60. The average molecular weight is 288 g/mol. The molecule has 21 heavy (non-hydrogen) atoms. The van der Waals surface area contributed by atoms with E-state index in [1.165, 1.54) is 12.1 Å². The van der Waals surface area contributed by atoms with E-state index in [-0.39, 0.29) is 24.5 Å². The first-order valence-corrected chi connectivity index (χ1v) is 6.73. The zero-order chi connectivity index (χ0) is 15.2. The molecule has 0 aromatic heterocycles. The Balaban J connectivity index is 1.95. The molecule has 0 saturated carbocycles. The third-order valence-corrected chi connectivity index (χ3v) is 2.73. The molecule has 0 spiro atoms. The fourth-order valence-electron chi connectivity index (χ4n) is 1.76. The predicted molar refractivity (Wildman–Crippen MR) is 77.7 cm³/mol. The van der Waals surface area contributed by atoms with Crippen LogP contribution in [-0.2, 0) is 11.3 Å². The van der Waals surface area contributed by atoms with Crippen LogP contribution < -0.4 is 4.74 Å². The van der Waals surface area contributed by atoms with Gasteiger partial charge >= 0.3 is 5.97 Å². The van der Waals surface area contributed by atoms with E-state index in [9.17, 15) is 9.18 Å². The van der Waals surface area contributed by atoms with Gasteiger partial charge in [0, 0.05) is 0 Å². The van der Waals surface area contributed by atoms with E-state index in [2.05, 4.69) is 0 Å². The maximum atomic E-state index is 13.0. The van der Waals surface area contributed by atoms with Gasteiger partial charge in [0.25, 0.3) is 0 Å². The Kier molecular flexibility index (Phi) is 4.93. The first kappa shape index (κ1) is 15.0. The molecule has 110 valence electrons. The van der Waals surface area contributed by atoms with Gasteiger partial charge in [-0.25, -0.2) is 9.18 Å². The lowest BCUT2D eigenvalue weighted by Gasteiger charge is -2.09. The summed E-state index contributed by atoms with van der Waals surface area (Å²) >= 11 is 0. The number of hydrogen-bond donors (Lipinski definition) is 0. The molecule has 3 nitrogen and oxygen atoms in total. The predicted octanol–water partition coefficient (Wildman–Crippen LogP) is 3.97. The Hall–Kier alpha value is -2.36. The van der Waals surface area contributed by atoms with E-state index in [1.54, 1.807) is 50.2 Å². The molecule has 0 amide bonds. The molecule has 0 bridgehead atoms. The summed E-state index contributed by atoms with van der Waals surface area (Å²) in [6, 6.07) is 12.9. The van der Waals surface area contributed by atoms with Gasteiger partial charge in [-0.2, -0.15) is 0 Å². The summed E-state index contributed by atoms with van der Waals surface area (Å²) < 4.78 is 23.7. The van der Waals surface area contributed by atoms with Gasteiger partial charge in [0.1, 0.15) is 18.2 Å². The van der Waals surface area contributed by atoms with Gasteiger partial charge in [-0.05, 0) is 55.8 Å². The lowest BCUT2D eigenvalue weighted by atomic mass is 10.2. The maximum absolute atomic E-state index is 13.0. The topological polar surface area (TPSA) is 35.5 Å². The molecule has 0 aliphatic carbocycles. The molecule has 0 aliphatic heterocycles. The minimum atomic E-state index is -0.360. The Morgan fingerprint density at radius 3 is 2.48 bits per heavy atom. The van der Waals surface area contributed by atoms with Crippen molar-refractivity contribution in [3.05, 3.63) is 65.5 Å². The summed E-state index contributed by atoms with van der Waals surface area (Å²) in [7, 11) is 0. The van der Waals surface area contributed by atoms with Gasteiger partial charge in [-0.1, -0.05) is 12.1 Å². The Bertz CT molecular complexity index is 606.